The van der Waals surface area contributed by atoms with Gasteiger partial charge in [0.15, 0.2) is 6.10 Å². The molecule has 0 radical (unpaired) electrons. The summed E-state index contributed by atoms with van der Waals surface area (Å²) >= 11 is 0. The van der Waals surface area contributed by atoms with E-state index in [1.54, 1.807) is 12.1 Å². The van der Waals surface area contributed by atoms with E-state index >= 15 is 0 Å². The minimum atomic E-state index is -0.957. The number of hydrogen-bond acceptors (Lipinski definition) is 3. The Hall–Kier alpha value is -2.49. The number of esters is 1. The number of aryl methyl sites for hydroxylation is 2. The van der Waals surface area contributed by atoms with Crippen LogP contribution >= 0.6 is 0 Å². The molecular weight excluding hydrogens is 295 g/mol. The molecule has 1 aliphatic carbocycles. The molecule has 0 heterocycles. The van der Waals surface area contributed by atoms with E-state index in [1.807, 2.05) is 12.1 Å². The predicted molar refractivity (Wildman–Crippen MR) is 84.1 cm³/mol. The number of ketones is 1. The summed E-state index contributed by atoms with van der Waals surface area (Å²) < 4.78 is 18.7. The summed E-state index contributed by atoms with van der Waals surface area (Å²) in [5, 5.41) is 0. The number of halogens is 1. The number of rotatable bonds is 4. The Kier molecular flexibility index (Phi) is 4.24. The van der Waals surface area contributed by atoms with Crippen molar-refractivity contribution in [2.75, 3.05) is 0 Å². The van der Waals surface area contributed by atoms with Crippen molar-refractivity contribution in [3.63, 3.8) is 0 Å². The first-order valence-electron chi connectivity index (χ1n) is 7.68. The van der Waals surface area contributed by atoms with Crippen LogP contribution in [0.3, 0.4) is 0 Å². The van der Waals surface area contributed by atoms with Gasteiger partial charge in [0.1, 0.15) is 5.82 Å². The molecule has 0 spiro atoms. The minimum Gasteiger partial charge on any atom is -0.451 e. The van der Waals surface area contributed by atoms with E-state index in [0.29, 0.717) is 5.56 Å². The van der Waals surface area contributed by atoms with Crippen LogP contribution in [0, 0.1) is 5.82 Å². The number of benzene rings is 2. The van der Waals surface area contributed by atoms with Gasteiger partial charge in [0.2, 0.25) is 5.78 Å². The first-order chi connectivity index (χ1) is 11.1. The molecular formula is C19H17FO3. The second kappa shape index (κ2) is 6.32. The van der Waals surface area contributed by atoms with Gasteiger partial charge in [-0.1, -0.05) is 24.3 Å². The smallest absolute Gasteiger partial charge is 0.341 e. The van der Waals surface area contributed by atoms with E-state index in [-0.39, 0.29) is 11.3 Å². The third-order valence-corrected chi connectivity index (χ3v) is 4.13. The van der Waals surface area contributed by atoms with Crippen LogP contribution < -0.4 is 0 Å². The van der Waals surface area contributed by atoms with Gasteiger partial charge in [-0.05, 0) is 55.5 Å². The highest BCUT2D eigenvalue weighted by molar-refractivity contribution is 6.01. The second-order valence-electron chi connectivity index (χ2n) is 5.73. The normalized spacial score (nSPS) is 14.2. The molecule has 0 aliphatic heterocycles. The quantitative estimate of drug-likeness (QED) is 0.638. The maximum Gasteiger partial charge on any atom is 0.341 e. The van der Waals surface area contributed by atoms with Crippen molar-refractivity contribution in [3.05, 3.63) is 70.5 Å². The van der Waals surface area contributed by atoms with Gasteiger partial charge in [-0.15, -0.1) is 0 Å². The Balaban J connectivity index is 1.73. The van der Waals surface area contributed by atoms with Gasteiger partial charge in [-0.3, -0.25) is 4.79 Å². The molecule has 0 saturated heterocycles. The Morgan fingerprint density at radius 3 is 2.61 bits per heavy atom. The van der Waals surface area contributed by atoms with Crippen LogP contribution in [0.25, 0.3) is 0 Å². The molecule has 0 fully saturated rings. The average Bonchev–Trinajstić information content (AvgIpc) is 3.01. The summed E-state index contributed by atoms with van der Waals surface area (Å²) in [4.78, 5) is 24.4. The predicted octanol–water partition coefficient (Wildman–Crippen LogP) is 3.74. The van der Waals surface area contributed by atoms with Crippen LogP contribution in [-0.2, 0) is 17.6 Å². The zero-order chi connectivity index (χ0) is 16.4. The maximum atomic E-state index is 13.6. The summed E-state index contributed by atoms with van der Waals surface area (Å²) in [5.74, 6) is -1.76. The van der Waals surface area contributed by atoms with Gasteiger partial charge < -0.3 is 4.74 Å². The molecule has 1 atom stereocenters. The van der Waals surface area contributed by atoms with Gasteiger partial charge in [-0.25, -0.2) is 9.18 Å². The fourth-order valence-electron chi connectivity index (χ4n) is 2.86. The van der Waals surface area contributed by atoms with E-state index in [1.165, 1.54) is 36.2 Å². The van der Waals surface area contributed by atoms with Crippen LogP contribution in [0.4, 0.5) is 4.39 Å². The summed E-state index contributed by atoms with van der Waals surface area (Å²) in [5.41, 5.74) is 2.82. The van der Waals surface area contributed by atoms with Crippen molar-refractivity contribution in [3.8, 4) is 0 Å². The first-order valence-corrected chi connectivity index (χ1v) is 7.68. The lowest BCUT2D eigenvalue weighted by Crippen LogP contribution is -2.25. The average molecular weight is 312 g/mol. The standard InChI is InChI=1S/C19H17FO3/c1-12(23-19(22)16-7-2-3-8-17(16)20)18(21)15-10-9-13-5-4-6-14(13)11-15/h2-3,7-12H,4-6H2,1H3/t12-/m0/s1. The van der Waals surface area contributed by atoms with Gasteiger partial charge in [0, 0.05) is 5.56 Å². The van der Waals surface area contributed by atoms with Crippen molar-refractivity contribution < 1.29 is 18.7 Å². The molecule has 4 heteroatoms. The number of ether oxygens (including phenoxy) is 1. The number of carbonyl (C=O) groups is 2. The molecule has 0 unspecified atom stereocenters. The second-order valence-corrected chi connectivity index (χ2v) is 5.73. The van der Waals surface area contributed by atoms with Gasteiger partial charge in [0.05, 0.1) is 5.56 Å². The molecule has 3 rings (SSSR count). The van der Waals surface area contributed by atoms with E-state index in [2.05, 4.69) is 0 Å². The molecule has 3 nitrogen and oxygen atoms in total. The van der Waals surface area contributed by atoms with E-state index < -0.39 is 17.9 Å². The van der Waals surface area contributed by atoms with Crippen LogP contribution in [-0.4, -0.2) is 17.9 Å². The first kappa shape index (κ1) is 15.4. The lowest BCUT2D eigenvalue weighted by molar-refractivity contribution is 0.0314. The van der Waals surface area contributed by atoms with Crippen molar-refractivity contribution in [2.24, 2.45) is 0 Å². The Morgan fingerprint density at radius 1 is 1.09 bits per heavy atom. The lowest BCUT2D eigenvalue weighted by Gasteiger charge is -2.13. The monoisotopic (exact) mass is 312 g/mol. The fraction of sp³-hybridized carbons (Fsp3) is 0.263. The molecule has 23 heavy (non-hydrogen) atoms. The zero-order valence-electron chi connectivity index (χ0n) is 12.8. The molecule has 0 aromatic heterocycles. The fourth-order valence-corrected chi connectivity index (χ4v) is 2.86. The van der Waals surface area contributed by atoms with E-state index in [0.717, 1.165) is 19.3 Å². The van der Waals surface area contributed by atoms with Crippen molar-refractivity contribution in [1.29, 1.82) is 0 Å². The van der Waals surface area contributed by atoms with Gasteiger partial charge in [0.25, 0.3) is 0 Å². The van der Waals surface area contributed by atoms with Crippen LogP contribution in [0.1, 0.15) is 45.2 Å². The Labute approximate surface area is 134 Å². The van der Waals surface area contributed by atoms with Crippen molar-refractivity contribution >= 4 is 11.8 Å². The molecule has 0 N–H and O–H groups in total. The molecule has 2 aromatic rings. The summed E-state index contributed by atoms with van der Waals surface area (Å²) in [6, 6.07) is 11.2. The summed E-state index contributed by atoms with van der Waals surface area (Å²) in [6.07, 6.45) is 2.16. The number of Topliss-reactive ketones (excluding diaryl/α,β-unsaturated/α-hetero) is 1. The Morgan fingerprint density at radius 2 is 1.83 bits per heavy atom. The molecule has 0 amide bonds. The number of carbonyl (C=O) groups excluding carboxylic acids is 2. The largest absolute Gasteiger partial charge is 0.451 e. The highest BCUT2D eigenvalue weighted by Crippen LogP contribution is 2.23. The summed E-state index contributed by atoms with van der Waals surface area (Å²) in [7, 11) is 0. The molecule has 1 aliphatic rings. The van der Waals surface area contributed by atoms with Crippen molar-refractivity contribution in [1.82, 2.24) is 0 Å². The van der Waals surface area contributed by atoms with Crippen molar-refractivity contribution in [2.45, 2.75) is 32.3 Å². The third-order valence-electron chi connectivity index (χ3n) is 4.13. The van der Waals surface area contributed by atoms with Crippen LogP contribution in [0.5, 0.6) is 0 Å². The van der Waals surface area contributed by atoms with Crippen LogP contribution in [0.2, 0.25) is 0 Å². The van der Waals surface area contributed by atoms with Crippen LogP contribution in [0.15, 0.2) is 42.5 Å². The van der Waals surface area contributed by atoms with Gasteiger partial charge in [-0.2, -0.15) is 0 Å². The highest BCUT2D eigenvalue weighted by Gasteiger charge is 2.23. The topological polar surface area (TPSA) is 43.4 Å². The molecule has 2 aromatic carbocycles. The molecule has 118 valence electrons. The minimum absolute atomic E-state index is 0.166. The number of hydrogen-bond donors (Lipinski definition) is 0. The highest BCUT2D eigenvalue weighted by atomic mass is 19.1. The van der Waals surface area contributed by atoms with E-state index in [9.17, 15) is 14.0 Å². The number of fused-ring (bicyclic) bond motifs is 1. The zero-order valence-corrected chi connectivity index (χ0v) is 12.8. The lowest BCUT2D eigenvalue weighted by atomic mass is 10.0. The molecule has 0 saturated carbocycles. The Bertz CT molecular complexity index is 767. The van der Waals surface area contributed by atoms with Gasteiger partial charge >= 0.3 is 5.97 Å². The molecule has 0 bridgehead atoms. The maximum absolute atomic E-state index is 13.6. The van der Waals surface area contributed by atoms with E-state index in [4.69, 9.17) is 4.74 Å². The SMILES string of the molecule is C[C@H](OC(=O)c1ccccc1F)C(=O)c1ccc2c(c1)CCC2. The third kappa shape index (κ3) is 3.16. The summed E-state index contributed by atoms with van der Waals surface area (Å²) in [6.45, 7) is 1.51.